The van der Waals surface area contributed by atoms with Gasteiger partial charge in [0, 0.05) is 12.8 Å². The molecule has 0 aromatic rings. The third-order valence-corrected chi connectivity index (χ3v) is 3.68. The number of hydrogen-bond donors (Lipinski definition) is 0. The Morgan fingerprint density at radius 3 is 2.50 bits per heavy atom. The van der Waals surface area contributed by atoms with Crippen LogP contribution in [0.5, 0.6) is 0 Å². The molecular weight excluding hydrogens is 196 g/mol. The molecule has 1 nitrogen and oxygen atoms in total. The molecule has 1 saturated carbocycles. The summed E-state index contributed by atoms with van der Waals surface area (Å²) in [6.45, 7) is 4.43. The predicted octanol–water partition coefficient (Wildman–Crippen LogP) is 4.52. The van der Waals surface area contributed by atoms with Crippen molar-refractivity contribution in [3.8, 4) is 0 Å². The zero-order valence-corrected chi connectivity index (χ0v) is 10.9. The second-order valence-electron chi connectivity index (χ2n) is 5.30. The molecule has 0 aliphatic heterocycles. The minimum Gasteiger partial charge on any atom is -0.300 e. The summed E-state index contributed by atoms with van der Waals surface area (Å²) in [6.07, 6.45) is 14.1. The first kappa shape index (κ1) is 13.5. The maximum atomic E-state index is 10.7. The standard InChI is InChI=1S/C8H14.C7H12O/c1-2-8-6-4-3-5-7-8;1-6-3-2-4-7(8)5-6/h3-4,8H,2,5-7H2,1H3;6H,2-5H2,1H3. The van der Waals surface area contributed by atoms with Crippen molar-refractivity contribution < 1.29 is 4.79 Å². The van der Waals surface area contributed by atoms with Crippen molar-refractivity contribution in [3.63, 3.8) is 0 Å². The molecule has 0 N–H and O–H groups in total. The van der Waals surface area contributed by atoms with E-state index >= 15 is 0 Å². The number of carbonyl (C=O) groups excluding carboxylic acids is 1. The molecular formula is C15H26O. The minimum absolute atomic E-state index is 0.462. The molecule has 0 aromatic carbocycles. The Bertz CT molecular complexity index is 230. The number of carbonyl (C=O) groups is 1. The number of ketones is 1. The van der Waals surface area contributed by atoms with Crippen molar-refractivity contribution in [3.05, 3.63) is 12.2 Å². The highest BCUT2D eigenvalue weighted by Gasteiger charge is 2.14. The van der Waals surface area contributed by atoms with E-state index in [0.717, 1.165) is 25.2 Å². The van der Waals surface area contributed by atoms with Gasteiger partial charge in [-0.15, -0.1) is 0 Å². The zero-order valence-electron chi connectivity index (χ0n) is 10.9. The average Bonchev–Trinajstić information content (AvgIpc) is 2.31. The maximum absolute atomic E-state index is 10.7. The topological polar surface area (TPSA) is 17.1 Å². The first-order valence-corrected chi connectivity index (χ1v) is 6.89. The Morgan fingerprint density at radius 2 is 2.12 bits per heavy atom. The molecule has 2 aliphatic carbocycles. The molecule has 1 fully saturated rings. The SMILES string of the molecule is CC1CCCC(=O)C1.CCC1CC=CCC1. The van der Waals surface area contributed by atoms with Crippen LogP contribution in [0.25, 0.3) is 0 Å². The van der Waals surface area contributed by atoms with Crippen molar-refractivity contribution >= 4 is 5.78 Å². The Morgan fingerprint density at radius 1 is 1.31 bits per heavy atom. The van der Waals surface area contributed by atoms with E-state index in [1.807, 2.05) is 0 Å². The van der Waals surface area contributed by atoms with Crippen LogP contribution in [0.2, 0.25) is 0 Å². The van der Waals surface area contributed by atoms with E-state index in [1.165, 1.54) is 32.1 Å². The average molecular weight is 222 g/mol. The van der Waals surface area contributed by atoms with Gasteiger partial charge in [0.1, 0.15) is 5.78 Å². The molecule has 1 heteroatoms. The molecule has 2 rings (SSSR count). The van der Waals surface area contributed by atoms with E-state index in [2.05, 4.69) is 26.0 Å². The van der Waals surface area contributed by atoms with E-state index in [9.17, 15) is 4.79 Å². The monoisotopic (exact) mass is 222 g/mol. The second kappa shape index (κ2) is 7.65. The van der Waals surface area contributed by atoms with Crippen LogP contribution in [-0.2, 0) is 4.79 Å². The van der Waals surface area contributed by atoms with Crippen LogP contribution in [0.15, 0.2) is 12.2 Å². The van der Waals surface area contributed by atoms with Crippen molar-refractivity contribution in [1.29, 1.82) is 0 Å². The summed E-state index contributed by atoms with van der Waals surface area (Å²) in [5, 5.41) is 0. The Kier molecular flexibility index (Phi) is 6.44. The van der Waals surface area contributed by atoms with Gasteiger partial charge < -0.3 is 0 Å². The van der Waals surface area contributed by atoms with Gasteiger partial charge in [0.15, 0.2) is 0 Å². The smallest absolute Gasteiger partial charge is 0.133 e. The van der Waals surface area contributed by atoms with Gasteiger partial charge in [0.25, 0.3) is 0 Å². The lowest BCUT2D eigenvalue weighted by Crippen LogP contribution is -2.11. The van der Waals surface area contributed by atoms with Gasteiger partial charge >= 0.3 is 0 Å². The first-order valence-electron chi connectivity index (χ1n) is 6.89. The molecule has 2 atom stereocenters. The molecule has 92 valence electrons. The summed E-state index contributed by atoms with van der Waals surface area (Å²) in [4.78, 5) is 10.7. The fraction of sp³-hybridized carbons (Fsp3) is 0.800. The Labute approximate surface area is 100 Å². The molecule has 16 heavy (non-hydrogen) atoms. The summed E-state index contributed by atoms with van der Waals surface area (Å²) in [6, 6.07) is 0. The van der Waals surface area contributed by atoms with Crippen LogP contribution in [0.3, 0.4) is 0 Å². The highest BCUT2D eigenvalue weighted by atomic mass is 16.1. The highest BCUT2D eigenvalue weighted by Crippen LogP contribution is 2.20. The lowest BCUT2D eigenvalue weighted by Gasteiger charge is -2.14. The number of allylic oxidation sites excluding steroid dienone is 2. The van der Waals surface area contributed by atoms with Crippen molar-refractivity contribution in [1.82, 2.24) is 0 Å². The number of Topliss-reactive ketones (excluding diaryl/α,β-unsaturated/α-hetero) is 1. The predicted molar refractivity (Wildman–Crippen MR) is 69.4 cm³/mol. The van der Waals surface area contributed by atoms with Gasteiger partial charge in [0.2, 0.25) is 0 Å². The first-order chi connectivity index (χ1) is 7.72. The van der Waals surface area contributed by atoms with Gasteiger partial charge in [-0.3, -0.25) is 4.79 Å². The molecule has 0 aromatic heterocycles. The second-order valence-corrected chi connectivity index (χ2v) is 5.30. The highest BCUT2D eigenvalue weighted by molar-refractivity contribution is 5.79. The van der Waals surface area contributed by atoms with E-state index < -0.39 is 0 Å². The molecule has 0 heterocycles. The minimum atomic E-state index is 0.462. The van der Waals surface area contributed by atoms with Crippen molar-refractivity contribution in [2.75, 3.05) is 0 Å². The van der Waals surface area contributed by atoms with Crippen molar-refractivity contribution in [2.45, 2.75) is 65.2 Å². The van der Waals surface area contributed by atoms with Crippen LogP contribution in [0, 0.1) is 11.8 Å². The third-order valence-electron chi connectivity index (χ3n) is 3.68. The fourth-order valence-corrected chi connectivity index (χ4v) is 2.47. The molecule has 2 aliphatic rings. The number of hydrogen-bond acceptors (Lipinski definition) is 1. The van der Waals surface area contributed by atoms with E-state index in [-0.39, 0.29) is 0 Å². The van der Waals surface area contributed by atoms with Crippen LogP contribution in [0.1, 0.15) is 65.2 Å². The van der Waals surface area contributed by atoms with Crippen LogP contribution in [0.4, 0.5) is 0 Å². The molecule has 0 radical (unpaired) electrons. The lowest BCUT2D eigenvalue weighted by atomic mass is 9.90. The normalized spacial score (nSPS) is 29.5. The van der Waals surface area contributed by atoms with Gasteiger partial charge in [-0.2, -0.15) is 0 Å². The van der Waals surface area contributed by atoms with Crippen LogP contribution in [-0.4, -0.2) is 5.78 Å². The Balaban J connectivity index is 0.000000160. The van der Waals surface area contributed by atoms with Gasteiger partial charge in [0.05, 0.1) is 0 Å². The molecule has 0 bridgehead atoms. The molecule has 0 saturated heterocycles. The summed E-state index contributed by atoms with van der Waals surface area (Å²) in [5.74, 6) is 2.12. The zero-order chi connectivity index (χ0) is 11.8. The quantitative estimate of drug-likeness (QED) is 0.596. The molecule has 0 spiro atoms. The number of rotatable bonds is 1. The fourth-order valence-electron chi connectivity index (χ4n) is 2.47. The largest absolute Gasteiger partial charge is 0.300 e. The van der Waals surface area contributed by atoms with Gasteiger partial charge in [-0.05, 0) is 43.9 Å². The third kappa shape index (κ3) is 5.48. The van der Waals surface area contributed by atoms with E-state index in [1.54, 1.807) is 0 Å². The Hall–Kier alpha value is -0.590. The van der Waals surface area contributed by atoms with Crippen LogP contribution < -0.4 is 0 Å². The maximum Gasteiger partial charge on any atom is 0.133 e. The van der Waals surface area contributed by atoms with Crippen LogP contribution >= 0.6 is 0 Å². The van der Waals surface area contributed by atoms with E-state index in [0.29, 0.717) is 11.7 Å². The molecule has 0 amide bonds. The summed E-state index contributed by atoms with van der Waals surface area (Å²) < 4.78 is 0. The lowest BCUT2D eigenvalue weighted by molar-refractivity contribution is -0.121. The van der Waals surface area contributed by atoms with Gasteiger partial charge in [-0.25, -0.2) is 0 Å². The van der Waals surface area contributed by atoms with E-state index in [4.69, 9.17) is 0 Å². The van der Waals surface area contributed by atoms with Crippen molar-refractivity contribution in [2.24, 2.45) is 11.8 Å². The van der Waals surface area contributed by atoms with Gasteiger partial charge in [-0.1, -0.05) is 32.4 Å². The summed E-state index contributed by atoms with van der Waals surface area (Å²) in [5.41, 5.74) is 0. The summed E-state index contributed by atoms with van der Waals surface area (Å²) >= 11 is 0. The summed E-state index contributed by atoms with van der Waals surface area (Å²) in [7, 11) is 0. The molecule has 2 unspecified atom stereocenters.